The number of carbonyl (C=O) groups is 1. The van der Waals surface area contributed by atoms with Gasteiger partial charge in [-0.1, -0.05) is 34.8 Å². The Kier molecular flexibility index (Phi) is 5.47. The van der Waals surface area contributed by atoms with Gasteiger partial charge < -0.3 is 9.47 Å². The lowest BCUT2D eigenvalue weighted by Crippen LogP contribution is -2.03. The van der Waals surface area contributed by atoms with Crippen LogP contribution in [0, 0.1) is 6.92 Å². The Hall–Kier alpha value is -1.97. The summed E-state index contributed by atoms with van der Waals surface area (Å²) in [5.74, 6) is 0.506. The average molecular weight is 337 g/mol. The quantitative estimate of drug-likeness (QED) is 0.451. The van der Waals surface area contributed by atoms with Gasteiger partial charge in [0.2, 0.25) is 0 Å². The second-order valence-corrected chi connectivity index (χ2v) is 5.39. The molecule has 0 heterocycles. The van der Waals surface area contributed by atoms with Crippen LogP contribution in [0.1, 0.15) is 11.1 Å². The Bertz CT molecular complexity index is 724. The third-order valence-electron chi connectivity index (χ3n) is 2.89. The largest absolute Gasteiger partial charge is 0.496 e. The number of hydrogen-bond donors (Lipinski definition) is 0. The number of methoxy groups -OCH3 is 1. The molecule has 0 saturated heterocycles. The Balaban J connectivity index is 2.11. The van der Waals surface area contributed by atoms with Crippen LogP contribution in [0.2, 0.25) is 10.0 Å². The van der Waals surface area contributed by atoms with Crippen molar-refractivity contribution in [2.45, 2.75) is 6.92 Å². The molecule has 0 aliphatic heterocycles. The highest BCUT2D eigenvalue weighted by molar-refractivity contribution is 6.42. The van der Waals surface area contributed by atoms with Crippen LogP contribution < -0.4 is 9.47 Å². The SMILES string of the molecule is COc1ccc(C)cc1/C=C/C(=O)Oc1ccc(Cl)c(Cl)c1. The van der Waals surface area contributed by atoms with Crippen LogP contribution in [-0.4, -0.2) is 13.1 Å². The highest BCUT2D eigenvalue weighted by atomic mass is 35.5. The van der Waals surface area contributed by atoms with Crippen molar-refractivity contribution in [2.75, 3.05) is 7.11 Å². The summed E-state index contributed by atoms with van der Waals surface area (Å²) < 4.78 is 10.4. The number of esters is 1. The van der Waals surface area contributed by atoms with Crippen LogP contribution in [0.3, 0.4) is 0 Å². The molecule has 2 aromatic carbocycles. The van der Waals surface area contributed by atoms with E-state index in [9.17, 15) is 4.79 Å². The van der Waals surface area contributed by atoms with Gasteiger partial charge in [0.15, 0.2) is 0 Å². The lowest BCUT2D eigenvalue weighted by atomic mass is 10.1. The molecule has 0 unspecified atom stereocenters. The van der Waals surface area contributed by atoms with Gasteiger partial charge in [-0.15, -0.1) is 0 Å². The summed E-state index contributed by atoms with van der Waals surface area (Å²) >= 11 is 11.7. The molecule has 3 nitrogen and oxygen atoms in total. The predicted octanol–water partition coefficient (Wildman–Crippen LogP) is 4.93. The van der Waals surface area contributed by atoms with Gasteiger partial charge in [-0.05, 0) is 37.3 Å². The Morgan fingerprint density at radius 2 is 1.86 bits per heavy atom. The molecule has 0 spiro atoms. The van der Waals surface area contributed by atoms with Gasteiger partial charge in [0.1, 0.15) is 11.5 Å². The summed E-state index contributed by atoms with van der Waals surface area (Å²) in [4.78, 5) is 11.8. The lowest BCUT2D eigenvalue weighted by molar-refractivity contribution is -0.128. The van der Waals surface area contributed by atoms with Gasteiger partial charge in [0.05, 0.1) is 17.2 Å². The third kappa shape index (κ3) is 4.26. The summed E-state index contributed by atoms with van der Waals surface area (Å²) in [6.45, 7) is 1.96. The topological polar surface area (TPSA) is 35.5 Å². The molecule has 22 heavy (non-hydrogen) atoms. The van der Waals surface area contributed by atoms with Crippen molar-refractivity contribution in [2.24, 2.45) is 0 Å². The van der Waals surface area contributed by atoms with Crippen LogP contribution in [0.15, 0.2) is 42.5 Å². The first-order valence-corrected chi connectivity index (χ1v) is 7.25. The summed E-state index contributed by atoms with van der Waals surface area (Å²) in [6.07, 6.45) is 2.98. The summed E-state index contributed by atoms with van der Waals surface area (Å²) in [5.41, 5.74) is 1.87. The van der Waals surface area contributed by atoms with Crippen molar-refractivity contribution in [1.29, 1.82) is 0 Å². The van der Waals surface area contributed by atoms with E-state index in [1.54, 1.807) is 25.3 Å². The van der Waals surface area contributed by atoms with E-state index in [1.165, 1.54) is 12.1 Å². The van der Waals surface area contributed by atoms with Crippen LogP contribution >= 0.6 is 23.2 Å². The molecule has 0 fully saturated rings. The number of benzene rings is 2. The average Bonchev–Trinajstić information content (AvgIpc) is 2.49. The maximum absolute atomic E-state index is 11.8. The smallest absolute Gasteiger partial charge is 0.336 e. The van der Waals surface area contributed by atoms with Crippen molar-refractivity contribution in [3.05, 3.63) is 63.6 Å². The molecule has 0 saturated carbocycles. The molecule has 0 N–H and O–H groups in total. The minimum absolute atomic E-state index is 0.330. The van der Waals surface area contributed by atoms with Crippen molar-refractivity contribution < 1.29 is 14.3 Å². The summed E-state index contributed by atoms with van der Waals surface area (Å²) in [6, 6.07) is 10.3. The van der Waals surface area contributed by atoms with E-state index in [0.717, 1.165) is 11.1 Å². The summed E-state index contributed by atoms with van der Waals surface area (Å²) in [5, 5.41) is 0.734. The van der Waals surface area contributed by atoms with Crippen molar-refractivity contribution in [3.8, 4) is 11.5 Å². The van der Waals surface area contributed by atoms with Crippen molar-refractivity contribution >= 4 is 35.2 Å². The molecule has 5 heteroatoms. The Morgan fingerprint density at radius 3 is 2.55 bits per heavy atom. The summed E-state index contributed by atoms with van der Waals surface area (Å²) in [7, 11) is 1.58. The van der Waals surface area contributed by atoms with E-state index in [2.05, 4.69) is 0 Å². The Morgan fingerprint density at radius 1 is 1.09 bits per heavy atom. The molecule has 0 radical (unpaired) electrons. The molecule has 0 aromatic heterocycles. The molecule has 2 aromatic rings. The molecular formula is C17H14Cl2O3. The van der Waals surface area contributed by atoms with E-state index in [-0.39, 0.29) is 0 Å². The Labute approximate surface area is 139 Å². The fourth-order valence-electron chi connectivity index (χ4n) is 1.83. The van der Waals surface area contributed by atoms with Crippen LogP contribution in [0.5, 0.6) is 11.5 Å². The first-order valence-electron chi connectivity index (χ1n) is 6.49. The fourth-order valence-corrected chi connectivity index (χ4v) is 2.12. The maximum atomic E-state index is 11.8. The molecular weight excluding hydrogens is 323 g/mol. The van der Waals surface area contributed by atoms with Gasteiger partial charge >= 0.3 is 5.97 Å². The lowest BCUT2D eigenvalue weighted by Gasteiger charge is -2.06. The monoisotopic (exact) mass is 336 g/mol. The molecule has 0 aliphatic carbocycles. The second-order valence-electron chi connectivity index (χ2n) is 4.58. The van der Waals surface area contributed by atoms with Crippen molar-refractivity contribution in [1.82, 2.24) is 0 Å². The van der Waals surface area contributed by atoms with E-state index in [4.69, 9.17) is 32.7 Å². The van der Waals surface area contributed by atoms with E-state index in [1.807, 2.05) is 25.1 Å². The molecule has 2 rings (SSSR count). The highest BCUT2D eigenvalue weighted by Gasteiger charge is 2.05. The molecule has 0 bridgehead atoms. The van der Waals surface area contributed by atoms with Crippen LogP contribution in [-0.2, 0) is 4.79 Å². The first-order chi connectivity index (χ1) is 10.5. The van der Waals surface area contributed by atoms with Gasteiger partial charge in [-0.3, -0.25) is 0 Å². The minimum Gasteiger partial charge on any atom is -0.496 e. The predicted molar refractivity (Wildman–Crippen MR) is 88.9 cm³/mol. The fraction of sp³-hybridized carbons (Fsp3) is 0.118. The van der Waals surface area contributed by atoms with E-state index < -0.39 is 5.97 Å². The molecule has 0 amide bonds. The van der Waals surface area contributed by atoms with Crippen molar-refractivity contribution in [3.63, 3.8) is 0 Å². The second kappa shape index (κ2) is 7.34. The van der Waals surface area contributed by atoms with E-state index in [0.29, 0.717) is 21.5 Å². The minimum atomic E-state index is -0.512. The van der Waals surface area contributed by atoms with Gasteiger partial charge in [0.25, 0.3) is 0 Å². The standard InChI is InChI=1S/C17H14Cl2O3/c1-11-3-7-16(21-2)12(9-11)4-8-17(20)22-13-5-6-14(18)15(19)10-13/h3-10H,1-2H3/b8-4+. The number of ether oxygens (including phenoxy) is 2. The first kappa shape index (κ1) is 16.4. The van der Waals surface area contributed by atoms with Crippen LogP contribution in [0.25, 0.3) is 6.08 Å². The van der Waals surface area contributed by atoms with E-state index >= 15 is 0 Å². The highest BCUT2D eigenvalue weighted by Crippen LogP contribution is 2.26. The van der Waals surface area contributed by atoms with Gasteiger partial charge in [0, 0.05) is 17.7 Å². The number of aryl methyl sites for hydroxylation is 1. The zero-order chi connectivity index (χ0) is 16.1. The zero-order valence-electron chi connectivity index (χ0n) is 12.1. The zero-order valence-corrected chi connectivity index (χ0v) is 13.6. The third-order valence-corrected chi connectivity index (χ3v) is 3.63. The molecule has 0 atom stereocenters. The molecule has 114 valence electrons. The number of hydrogen-bond acceptors (Lipinski definition) is 3. The molecule has 0 aliphatic rings. The normalized spacial score (nSPS) is 10.7. The van der Waals surface area contributed by atoms with Crippen LogP contribution in [0.4, 0.5) is 0 Å². The number of halogens is 2. The number of carbonyl (C=O) groups excluding carboxylic acids is 1. The maximum Gasteiger partial charge on any atom is 0.336 e. The van der Waals surface area contributed by atoms with Gasteiger partial charge in [-0.25, -0.2) is 4.79 Å². The van der Waals surface area contributed by atoms with Gasteiger partial charge in [-0.2, -0.15) is 0 Å². The number of rotatable bonds is 4.